The summed E-state index contributed by atoms with van der Waals surface area (Å²) in [4.78, 5) is 37.5. The molecule has 3 aromatic heterocycles. The number of aromatic nitrogens is 4. The molecule has 3 aromatic rings. The normalized spacial score (nSPS) is 10.8. The van der Waals surface area contributed by atoms with Gasteiger partial charge in [-0.1, -0.05) is 0 Å². The Labute approximate surface area is 196 Å². The fraction of sp³-hybridized carbons (Fsp3) is 0.350. The third-order valence-corrected chi connectivity index (χ3v) is 7.00. The molecule has 10 nitrogen and oxygen atoms in total. The monoisotopic (exact) mass is 523 g/mol. The number of rotatable bonds is 7. The summed E-state index contributed by atoms with van der Waals surface area (Å²) in [6.07, 6.45) is 1.66. The first-order valence-electron chi connectivity index (χ1n) is 9.61. The van der Waals surface area contributed by atoms with Gasteiger partial charge in [0.1, 0.15) is 16.5 Å². The van der Waals surface area contributed by atoms with Crippen molar-refractivity contribution in [1.82, 2.24) is 19.6 Å². The molecule has 0 atom stereocenters. The number of esters is 2. The summed E-state index contributed by atoms with van der Waals surface area (Å²) in [5, 5.41) is 11.6. The highest BCUT2D eigenvalue weighted by atomic mass is 79.9. The molecule has 0 fully saturated rings. The minimum Gasteiger partial charge on any atom is -0.465 e. The van der Waals surface area contributed by atoms with E-state index in [4.69, 9.17) is 9.47 Å². The van der Waals surface area contributed by atoms with Crippen LogP contribution in [0, 0.1) is 20.8 Å². The number of carbonyl (C=O) groups is 3. The number of anilines is 1. The van der Waals surface area contributed by atoms with Crippen LogP contribution in [0.1, 0.15) is 54.4 Å². The fourth-order valence-electron chi connectivity index (χ4n) is 3.02. The van der Waals surface area contributed by atoms with Crippen LogP contribution in [0.3, 0.4) is 0 Å². The third kappa shape index (κ3) is 4.60. The standard InChI is InChI=1S/C20H22BrN5O5S/c1-6-31-20(29)16-10(2)14(19(28)30-5)18(32-16)22-17(27)13-7-8-25(24-13)9-26-12(4)15(21)11(3)23-26/h7-8H,6,9H2,1-5H3,(H,22,27). The second-order valence-electron chi connectivity index (χ2n) is 6.79. The maximum Gasteiger partial charge on any atom is 0.348 e. The number of halogens is 1. The zero-order valence-corrected chi connectivity index (χ0v) is 20.6. The summed E-state index contributed by atoms with van der Waals surface area (Å²) in [6, 6.07) is 1.56. The van der Waals surface area contributed by atoms with Crippen LogP contribution in [0.2, 0.25) is 0 Å². The Bertz CT molecular complexity index is 1200. The Morgan fingerprint density at radius 2 is 1.91 bits per heavy atom. The average Bonchev–Trinajstić information content (AvgIpc) is 3.42. The Hall–Kier alpha value is -2.99. The van der Waals surface area contributed by atoms with Gasteiger partial charge in [0.15, 0.2) is 5.69 Å². The van der Waals surface area contributed by atoms with E-state index in [1.165, 1.54) is 7.11 Å². The number of ether oxygens (including phenoxy) is 2. The quantitative estimate of drug-likeness (QED) is 0.470. The molecule has 0 spiro atoms. The maximum atomic E-state index is 12.8. The number of methoxy groups -OCH3 is 1. The van der Waals surface area contributed by atoms with Crippen LogP contribution in [-0.4, -0.2) is 51.1 Å². The van der Waals surface area contributed by atoms with Crippen LogP contribution < -0.4 is 5.32 Å². The number of aryl methyl sites for hydroxylation is 1. The van der Waals surface area contributed by atoms with Crippen molar-refractivity contribution in [1.29, 1.82) is 0 Å². The molecule has 0 aliphatic rings. The van der Waals surface area contributed by atoms with Gasteiger partial charge in [-0.25, -0.2) is 14.3 Å². The lowest BCUT2D eigenvalue weighted by molar-refractivity contribution is 0.0531. The topological polar surface area (TPSA) is 117 Å². The molecule has 0 aliphatic carbocycles. The second-order valence-corrected chi connectivity index (χ2v) is 8.61. The molecule has 0 saturated carbocycles. The van der Waals surface area contributed by atoms with E-state index in [-0.39, 0.29) is 27.7 Å². The third-order valence-electron chi connectivity index (χ3n) is 4.67. The summed E-state index contributed by atoms with van der Waals surface area (Å²) in [5.41, 5.74) is 2.43. The predicted molar refractivity (Wildman–Crippen MR) is 121 cm³/mol. The minimum atomic E-state index is -0.662. The van der Waals surface area contributed by atoms with E-state index in [1.807, 2.05) is 13.8 Å². The van der Waals surface area contributed by atoms with E-state index in [9.17, 15) is 14.4 Å². The first-order valence-corrected chi connectivity index (χ1v) is 11.2. The largest absolute Gasteiger partial charge is 0.465 e. The molecule has 1 N–H and O–H groups in total. The van der Waals surface area contributed by atoms with E-state index in [2.05, 4.69) is 31.4 Å². The Morgan fingerprint density at radius 3 is 2.50 bits per heavy atom. The van der Waals surface area contributed by atoms with Gasteiger partial charge in [-0.2, -0.15) is 10.2 Å². The van der Waals surface area contributed by atoms with Crippen molar-refractivity contribution in [3.8, 4) is 0 Å². The van der Waals surface area contributed by atoms with E-state index in [0.717, 1.165) is 27.2 Å². The van der Waals surface area contributed by atoms with Gasteiger partial charge in [-0.05, 0) is 55.3 Å². The molecule has 0 unspecified atom stereocenters. The molecule has 12 heteroatoms. The molecule has 0 radical (unpaired) electrons. The number of nitrogens with one attached hydrogen (secondary N) is 1. The summed E-state index contributed by atoms with van der Waals surface area (Å²) in [6.45, 7) is 7.62. The molecular formula is C20H22BrN5O5S. The van der Waals surface area contributed by atoms with Crippen LogP contribution in [-0.2, 0) is 16.1 Å². The van der Waals surface area contributed by atoms with Crippen molar-refractivity contribution >= 4 is 50.1 Å². The second kappa shape index (κ2) is 9.65. The van der Waals surface area contributed by atoms with Crippen molar-refractivity contribution in [3.63, 3.8) is 0 Å². The summed E-state index contributed by atoms with van der Waals surface area (Å²) < 4.78 is 14.1. The smallest absolute Gasteiger partial charge is 0.348 e. The lowest BCUT2D eigenvalue weighted by Gasteiger charge is -2.06. The van der Waals surface area contributed by atoms with Gasteiger partial charge in [0.2, 0.25) is 0 Å². The van der Waals surface area contributed by atoms with Crippen molar-refractivity contribution < 1.29 is 23.9 Å². The first-order chi connectivity index (χ1) is 15.2. The van der Waals surface area contributed by atoms with Crippen molar-refractivity contribution in [2.24, 2.45) is 0 Å². The van der Waals surface area contributed by atoms with Crippen LogP contribution in [0.15, 0.2) is 16.7 Å². The maximum absolute atomic E-state index is 12.8. The zero-order chi connectivity index (χ0) is 23.6. The summed E-state index contributed by atoms with van der Waals surface area (Å²) in [7, 11) is 1.23. The van der Waals surface area contributed by atoms with Crippen LogP contribution in [0.25, 0.3) is 0 Å². The van der Waals surface area contributed by atoms with Crippen LogP contribution in [0.5, 0.6) is 0 Å². The molecule has 1 amide bonds. The number of thiophene rings is 1. The van der Waals surface area contributed by atoms with E-state index in [1.54, 1.807) is 35.5 Å². The Morgan fingerprint density at radius 1 is 1.19 bits per heavy atom. The number of amides is 1. The summed E-state index contributed by atoms with van der Waals surface area (Å²) >= 11 is 4.44. The molecule has 32 heavy (non-hydrogen) atoms. The van der Waals surface area contributed by atoms with E-state index < -0.39 is 17.8 Å². The predicted octanol–water partition coefficient (Wildman–Crippen LogP) is 3.55. The molecule has 170 valence electrons. The summed E-state index contributed by atoms with van der Waals surface area (Å²) in [5.74, 6) is -1.76. The molecule has 0 aromatic carbocycles. The van der Waals surface area contributed by atoms with Gasteiger partial charge in [0.25, 0.3) is 5.91 Å². The van der Waals surface area contributed by atoms with Gasteiger partial charge in [-0.15, -0.1) is 11.3 Å². The van der Waals surface area contributed by atoms with Gasteiger partial charge in [0, 0.05) is 6.20 Å². The minimum absolute atomic E-state index is 0.112. The van der Waals surface area contributed by atoms with Crippen molar-refractivity contribution in [2.75, 3.05) is 19.0 Å². The molecule has 3 heterocycles. The van der Waals surface area contributed by atoms with Gasteiger partial charge in [0.05, 0.1) is 35.1 Å². The van der Waals surface area contributed by atoms with Crippen molar-refractivity contribution in [3.05, 3.63) is 49.8 Å². The van der Waals surface area contributed by atoms with Crippen LogP contribution in [0.4, 0.5) is 5.00 Å². The highest BCUT2D eigenvalue weighted by molar-refractivity contribution is 9.10. The first kappa shape index (κ1) is 23.7. The lowest BCUT2D eigenvalue weighted by Crippen LogP contribution is -2.16. The molecular weight excluding hydrogens is 502 g/mol. The molecule has 0 saturated heterocycles. The van der Waals surface area contributed by atoms with Gasteiger partial charge in [-0.3, -0.25) is 9.48 Å². The number of hydrogen-bond donors (Lipinski definition) is 1. The highest BCUT2D eigenvalue weighted by Gasteiger charge is 2.27. The van der Waals surface area contributed by atoms with E-state index in [0.29, 0.717) is 12.2 Å². The Kier molecular flexibility index (Phi) is 7.14. The SMILES string of the molecule is CCOC(=O)c1sc(NC(=O)c2ccn(Cn3nc(C)c(Br)c3C)n2)c(C(=O)OC)c1C. The average molecular weight is 524 g/mol. The fourth-order valence-corrected chi connectivity index (χ4v) is 4.39. The van der Waals surface area contributed by atoms with Crippen molar-refractivity contribution in [2.45, 2.75) is 34.4 Å². The van der Waals surface area contributed by atoms with E-state index >= 15 is 0 Å². The highest BCUT2D eigenvalue weighted by Crippen LogP contribution is 2.34. The Balaban J connectivity index is 1.84. The molecule has 3 rings (SSSR count). The number of carbonyl (C=O) groups excluding carboxylic acids is 3. The number of hydrogen-bond acceptors (Lipinski definition) is 8. The van der Waals surface area contributed by atoms with Gasteiger partial charge >= 0.3 is 11.9 Å². The number of nitrogens with zero attached hydrogens (tertiary/aromatic N) is 4. The zero-order valence-electron chi connectivity index (χ0n) is 18.2. The molecule has 0 bridgehead atoms. The lowest BCUT2D eigenvalue weighted by atomic mass is 10.1. The van der Waals surface area contributed by atoms with Crippen LogP contribution >= 0.6 is 27.3 Å². The van der Waals surface area contributed by atoms with Gasteiger partial charge < -0.3 is 14.8 Å². The molecule has 0 aliphatic heterocycles.